The lowest BCUT2D eigenvalue weighted by Gasteiger charge is -2.18. The number of rotatable bonds is 6. The van der Waals surface area contributed by atoms with Gasteiger partial charge in [0.2, 0.25) is 5.91 Å². The molecule has 9 heteroatoms. The largest absolute Gasteiger partial charge is 0.493 e. The SMILES string of the molecule is COc1ccc(-c2noc(C(C)O)c2C(=O)N2CCC(NC(C)=O)C2)cc1OC. The van der Waals surface area contributed by atoms with E-state index in [2.05, 4.69) is 10.5 Å². The van der Waals surface area contributed by atoms with Gasteiger partial charge < -0.3 is 29.3 Å². The van der Waals surface area contributed by atoms with E-state index in [1.54, 1.807) is 23.1 Å². The summed E-state index contributed by atoms with van der Waals surface area (Å²) in [5.41, 5.74) is 1.12. The monoisotopic (exact) mass is 403 g/mol. The van der Waals surface area contributed by atoms with Gasteiger partial charge >= 0.3 is 0 Å². The highest BCUT2D eigenvalue weighted by atomic mass is 16.5. The molecule has 0 bridgehead atoms. The quantitative estimate of drug-likeness (QED) is 0.755. The number of aliphatic hydroxyl groups is 1. The van der Waals surface area contributed by atoms with E-state index < -0.39 is 6.10 Å². The van der Waals surface area contributed by atoms with E-state index >= 15 is 0 Å². The summed E-state index contributed by atoms with van der Waals surface area (Å²) in [6.45, 7) is 3.83. The number of ether oxygens (including phenoxy) is 2. The highest BCUT2D eigenvalue weighted by Crippen LogP contribution is 2.36. The summed E-state index contributed by atoms with van der Waals surface area (Å²) < 4.78 is 15.9. The van der Waals surface area contributed by atoms with E-state index in [1.165, 1.54) is 28.1 Å². The number of benzene rings is 1. The zero-order valence-corrected chi connectivity index (χ0v) is 16.9. The van der Waals surface area contributed by atoms with Crippen molar-refractivity contribution in [1.29, 1.82) is 0 Å². The Morgan fingerprint density at radius 2 is 2.03 bits per heavy atom. The molecule has 1 fully saturated rings. The van der Waals surface area contributed by atoms with Crippen LogP contribution in [0.3, 0.4) is 0 Å². The Kier molecular flexibility index (Phi) is 6.07. The Balaban J connectivity index is 1.97. The van der Waals surface area contributed by atoms with E-state index in [-0.39, 0.29) is 29.2 Å². The van der Waals surface area contributed by atoms with Crippen molar-refractivity contribution in [3.63, 3.8) is 0 Å². The zero-order valence-electron chi connectivity index (χ0n) is 16.9. The standard InChI is InChI=1S/C20H25N3O6/c1-11(24)19-17(20(26)23-8-7-14(10-23)21-12(2)25)18(22-29-19)13-5-6-15(27-3)16(9-13)28-4/h5-6,9,11,14,24H,7-8,10H2,1-4H3,(H,21,25). The van der Waals surface area contributed by atoms with Gasteiger partial charge in [0.1, 0.15) is 17.4 Å². The number of nitrogens with one attached hydrogen (secondary N) is 1. The van der Waals surface area contributed by atoms with E-state index in [1.807, 2.05) is 0 Å². The van der Waals surface area contributed by atoms with Gasteiger partial charge in [-0.15, -0.1) is 0 Å². The Bertz CT molecular complexity index is 908. The molecule has 1 aromatic carbocycles. The normalized spacial score (nSPS) is 17.1. The molecule has 2 heterocycles. The number of aliphatic hydroxyl groups excluding tert-OH is 1. The highest BCUT2D eigenvalue weighted by molar-refractivity contribution is 6.01. The van der Waals surface area contributed by atoms with Gasteiger partial charge in [0.15, 0.2) is 17.3 Å². The lowest BCUT2D eigenvalue weighted by molar-refractivity contribution is -0.119. The van der Waals surface area contributed by atoms with Crippen molar-refractivity contribution in [2.24, 2.45) is 0 Å². The first-order valence-corrected chi connectivity index (χ1v) is 9.32. The number of carbonyl (C=O) groups is 2. The number of carbonyl (C=O) groups excluding carboxylic acids is 2. The molecule has 29 heavy (non-hydrogen) atoms. The van der Waals surface area contributed by atoms with Crippen molar-refractivity contribution in [1.82, 2.24) is 15.4 Å². The fraction of sp³-hybridized carbons (Fsp3) is 0.450. The first-order chi connectivity index (χ1) is 13.8. The maximum absolute atomic E-state index is 13.3. The molecule has 0 radical (unpaired) electrons. The first kappa shape index (κ1) is 20.7. The smallest absolute Gasteiger partial charge is 0.259 e. The summed E-state index contributed by atoms with van der Waals surface area (Å²) >= 11 is 0. The second-order valence-corrected chi connectivity index (χ2v) is 6.95. The molecule has 1 aliphatic heterocycles. The fourth-order valence-electron chi connectivity index (χ4n) is 3.48. The topological polar surface area (TPSA) is 114 Å². The minimum atomic E-state index is -1.01. The molecule has 1 aromatic heterocycles. The number of amides is 2. The number of hydrogen-bond donors (Lipinski definition) is 2. The number of nitrogens with zero attached hydrogens (tertiary/aromatic N) is 2. The molecule has 2 atom stereocenters. The van der Waals surface area contributed by atoms with Crippen molar-refractivity contribution < 1.29 is 28.7 Å². The maximum Gasteiger partial charge on any atom is 0.259 e. The Morgan fingerprint density at radius 3 is 2.66 bits per heavy atom. The number of likely N-dealkylation sites (tertiary alicyclic amines) is 1. The summed E-state index contributed by atoms with van der Waals surface area (Å²) in [6, 6.07) is 5.05. The summed E-state index contributed by atoms with van der Waals surface area (Å²) in [6.07, 6.45) is -0.351. The van der Waals surface area contributed by atoms with E-state index in [9.17, 15) is 14.7 Å². The van der Waals surface area contributed by atoms with Crippen molar-refractivity contribution in [2.75, 3.05) is 27.3 Å². The number of hydrogen-bond acceptors (Lipinski definition) is 7. The predicted octanol–water partition coefficient (Wildman–Crippen LogP) is 1.76. The van der Waals surface area contributed by atoms with Gasteiger partial charge in [-0.05, 0) is 31.5 Å². The average molecular weight is 403 g/mol. The molecule has 1 aliphatic rings. The number of methoxy groups -OCH3 is 2. The third-order valence-electron chi connectivity index (χ3n) is 4.85. The summed E-state index contributed by atoms with van der Waals surface area (Å²) in [5, 5.41) is 17.0. The van der Waals surface area contributed by atoms with Crippen molar-refractivity contribution >= 4 is 11.8 Å². The lowest BCUT2D eigenvalue weighted by atomic mass is 10.0. The molecule has 2 unspecified atom stereocenters. The Morgan fingerprint density at radius 1 is 1.31 bits per heavy atom. The van der Waals surface area contributed by atoms with Crippen LogP contribution < -0.4 is 14.8 Å². The third-order valence-corrected chi connectivity index (χ3v) is 4.85. The van der Waals surface area contributed by atoms with E-state index in [4.69, 9.17) is 14.0 Å². The molecule has 3 rings (SSSR count). The van der Waals surface area contributed by atoms with E-state index in [0.717, 1.165) is 0 Å². The van der Waals surface area contributed by atoms with Crippen LogP contribution in [0.5, 0.6) is 11.5 Å². The molecular formula is C20H25N3O6. The summed E-state index contributed by atoms with van der Waals surface area (Å²) in [5.74, 6) is 0.686. The highest BCUT2D eigenvalue weighted by Gasteiger charge is 2.34. The molecule has 2 aromatic rings. The van der Waals surface area contributed by atoms with Gasteiger partial charge in [-0.25, -0.2) is 0 Å². The molecule has 9 nitrogen and oxygen atoms in total. The van der Waals surface area contributed by atoms with Gasteiger partial charge in [-0.3, -0.25) is 9.59 Å². The minimum absolute atomic E-state index is 0.0998. The minimum Gasteiger partial charge on any atom is -0.493 e. The maximum atomic E-state index is 13.3. The van der Waals surface area contributed by atoms with Crippen LogP contribution in [0.1, 0.15) is 42.5 Å². The van der Waals surface area contributed by atoms with Crippen LogP contribution in [0, 0.1) is 0 Å². The predicted molar refractivity (Wildman–Crippen MR) is 104 cm³/mol. The molecule has 2 N–H and O–H groups in total. The van der Waals surface area contributed by atoms with Crippen molar-refractivity contribution in [3.05, 3.63) is 29.5 Å². The van der Waals surface area contributed by atoms with Crippen LogP contribution >= 0.6 is 0 Å². The molecule has 1 saturated heterocycles. The van der Waals surface area contributed by atoms with Crippen LogP contribution in [0.25, 0.3) is 11.3 Å². The Labute approximate surface area is 168 Å². The van der Waals surface area contributed by atoms with E-state index in [0.29, 0.717) is 42.3 Å². The van der Waals surface area contributed by atoms with Crippen LogP contribution in [0.15, 0.2) is 22.7 Å². The molecular weight excluding hydrogens is 378 g/mol. The van der Waals surface area contributed by atoms with Crippen LogP contribution in [-0.2, 0) is 4.79 Å². The molecule has 0 spiro atoms. The lowest BCUT2D eigenvalue weighted by Crippen LogP contribution is -2.37. The molecule has 2 amide bonds. The fourth-order valence-corrected chi connectivity index (χ4v) is 3.48. The van der Waals surface area contributed by atoms with Gasteiger partial charge in [0, 0.05) is 31.6 Å². The summed E-state index contributed by atoms with van der Waals surface area (Å²) in [4.78, 5) is 26.2. The van der Waals surface area contributed by atoms with Gasteiger partial charge in [0.05, 0.1) is 14.2 Å². The second kappa shape index (κ2) is 8.52. The summed E-state index contributed by atoms with van der Waals surface area (Å²) in [7, 11) is 3.05. The van der Waals surface area contributed by atoms with Gasteiger partial charge in [-0.2, -0.15) is 0 Å². The van der Waals surface area contributed by atoms with Crippen molar-refractivity contribution in [2.45, 2.75) is 32.4 Å². The second-order valence-electron chi connectivity index (χ2n) is 6.95. The molecule has 0 saturated carbocycles. The van der Waals surface area contributed by atoms with Crippen LogP contribution in [0.4, 0.5) is 0 Å². The third kappa shape index (κ3) is 4.19. The van der Waals surface area contributed by atoms with Crippen LogP contribution in [0.2, 0.25) is 0 Å². The Hall–Kier alpha value is -3.07. The first-order valence-electron chi connectivity index (χ1n) is 9.32. The van der Waals surface area contributed by atoms with Crippen molar-refractivity contribution in [3.8, 4) is 22.8 Å². The van der Waals surface area contributed by atoms with Gasteiger partial charge in [0.25, 0.3) is 5.91 Å². The van der Waals surface area contributed by atoms with Crippen LogP contribution in [-0.4, -0.2) is 60.3 Å². The number of aromatic nitrogens is 1. The molecule has 156 valence electrons. The molecule has 0 aliphatic carbocycles. The average Bonchev–Trinajstić information content (AvgIpc) is 3.33. The van der Waals surface area contributed by atoms with Gasteiger partial charge in [-0.1, -0.05) is 5.16 Å². The zero-order chi connectivity index (χ0) is 21.1.